The molecule has 0 saturated carbocycles. The summed E-state index contributed by atoms with van der Waals surface area (Å²) in [7, 11) is 0. The van der Waals surface area contributed by atoms with Gasteiger partial charge in [0.25, 0.3) is 0 Å². The Bertz CT molecular complexity index is 947. The number of piperazine rings is 1. The summed E-state index contributed by atoms with van der Waals surface area (Å²) >= 11 is 1.54. The molecule has 4 rings (SSSR count). The second-order valence-corrected chi connectivity index (χ2v) is 7.89. The van der Waals surface area contributed by atoms with E-state index in [1.165, 1.54) is 16.9 Å². The van der Waals surface area contributed by atoms with Crippen molar-refractivity contribution in [2.45, 2.75) is 6.42 Å². The maximum absolute atomic E-state index is 12.7. The van der Waals surface area contributed by atoms with Crippen LogP contribution in [0.3, 0.4) is 0 Å². The summed E-state index contributed by atoms with van der Waals surface area (Å²) in [5.41, 5.74) is 2.90. The SMILES string of the molecule is O=C(Cc1csc(-c2ccccn2)n1)N1CCN(C/C=C/c2ccccc2)CC1. The van der Waals surface area contributed by atoms with Gasteiger partial charge in [-0.05, 0) is 17.7 Å². The van der Waals surface area contributed by atoms with E-state index in [9.17, 15) is 4.79 Å². The highest BCUT2D eigenvalue weighted by atomic mass is 32.1. The first kappa shape index (κ1) is 19.5. The highest BCUT2D eigenvalue weighted by Crippen LogP contribution is 2.22. The zero-order valence-corrected chi connectivity index (χ0v) is 17.1. The molecule has 3 aromatic rings. The average molecular weight is 405 g/mol. The molecule has 29 heavy (non-hydrogen) atoms. The van der Waals surface area contributed by atoms with Gasteiger partial charge in [0, 0.05) is 44.3 Å². The lowest BCUT2D eigenvalue weighted by atomic mass is 10.2. The fourth-order valence-corrected chi connectivity index (χ4v) is 4.14. The van der Waals surface area contributed by atoms with E-state index in [0.29, 0.717) is 6.42 Å². The number of amides is 1. The third-order valence-electron chi connectivity index (χ3n) is 4.97. The summed E-state index contributed by atoms with van der Waals surface area (Å²) in [6, 6.07) is 16.1. The van der Waals surface area contributed by atoms with Crippen LogP contribution in [0.25, 0.3) is 16.8 Å². The van der Waals surface area contributed by atoms with Gasteiger partial charge in [-0.2, -0.15) is 0 Å². The molecule has 5 nitrogen and oxygen atoms in total. The van der Waals surface area contributed by atoms with Gasteiger partial charge < -0.3 is 4.90 Å². The van der Waals surface area contributed by atoms with Crippen LogP contribution in [0.4, 0.5) is 0 Å². The molecular formula is C23H24N4OS. The van der Waals surface area contributed by atoms with E-state index < -0.39 is 0 Å². The number of aromatic nitrogens is 2. The van der Waals surface area contributed by atoms with Crippen molar-refractivity contribution in [3.63, 3.8) is 0 Å². The second kappa shape index (κ2) is 9.58. The van der Waals surface area contributed by atoms with Crippen molar-refractivity contribution in [2.75, 3.05) is 32.7 Å². The Labute approximate surface area is 175 Å². The summed E-state index contributed by atoms with van der Waals surface area (Å²) in [4.78, 5) is 25.9. The molecule has 0 aliphatic carbocycles. The number of benzene rings is 1. The maximum atomic E-state index is 12.7. The summed E-state index contributed by atoms with van der Waals surface area (Å²) in [5.74, 6) is 0.155. The molecule has 0 unspecified atom stereocenters. The van der Waals surface area contributed by atoms with Crippen LogP contribution in [0, 0.1) is 0 Å². The van der Waals surface area contributed by atoms with E-state index in [1.54, 1.807) is 6.20 Å². The van der Waals surface area contributed by atoms with Gasteiger partial charge in [-0.3, -0.25) is 14.7 Å². The third kappa shape index (κ3) is 5.37. The lowest BCUT2D eigenvalue weighted by molar-refractivity contribution is -0.132. The standard InChI is InChI=1S/C23H24N4OS/c28-22(17-20-18-29-23(25-20)21-10-4-5-11-24-21)27-15-13-26(14-16-27)12-6-9-19-7-2-1-3-8-19/h1-11,18H,12-17H2/b9-6+. The Kier molecular flexibility index (Phi) is 6.44. The highest BCUT2D eigenvalue weighted by molar-refractivity contribution is 7.13. The Morgan fingerprint density at radius 1 is 1.03 bits per heavy atom. The summed E-state index contributed by atoms with van der Waals surface area (Å²) in [6.45, 7) is 4.27. The quantitative estimate of drug-likeness (QED) is 0.630. The van der Waals surface area contributed by atoms with Gasteiger partial charge in [-0.1, -0.05) is 48.6 Å². The van der Waals surface area contributed by atoms with Gasteiger partial charge in [-0.15, -0.1) is 11.3 Å². The van der Waals surface area contributed by atoms with E-state index in [1.807, 2.05) is 46.7 Å². The molecule has 0 bridgehead atoms. The van der Waals surface area contributed by atoms with E-state index in [0.717, 1.165) is 49.1 Å². The number of thiazole rings is 1. The lowest BCUT2D eigenvalue weighted by Crippen LogP contribution is -2.49. The third-order valence-corrected chi connectivity index (χ3v) is 5.88. The fourth-order valence-electron chi connectivity index (χ4n) is 3.34. The molecule has 1 fully saturated rings. The van der Waals surface area contributed by atoms with E-state index >= 15 is 0 Å². The monoisotopic (exact) mass is 404 g/mol. The number of carbonyl (C=O) groups excluding carboxylic acids is 1. The summed E-state index contributed by atoms with van der Waals surface area (Å²) in [6.07, 6.45) is 6.47. The molecular weight excluding hydrogens is 380 g/mol. The van der Waals surface area contributed by atoms with Gasteiger partial charge in [-0.25, -0.2) is 4.98 Å². The van der Waals surface area contributed by atoms with Crippen molar-refractivity contribution < 1.29 is 4.79 Å². The number of rotatable bonds is 6. The Morgan fingerprint density at radius 2 is 1.83 bits per heavy atom. The van der Waals surface area contributed by atoms with Crippen molar-refractivity contribution in [3.8, 4) is 10.7 Å². The largest absolute Gasteiger partial charge is 0.340 e. The fraction of sp³-hybridized carbons (Fsp3) is 0.261. The first-order valence-corrected chi connectivity index (χ1v) is 10.7. The van der Waals surface area contributed by atoms with Crippen molar-refractivity contribution in [1.29, 1.82) is 0 Å². The minimum atomic E-state index is 0.155. The maximum Gasteiger partial charge on any atom is 0.228 e. The second-order valence-electron chi connectivity index (χ2n) is 7.03. The van der Waals surface area contributed by atoms with E-state index in [-0.39, 0.29) is 5.91 Å². The smallest absolute Gasteiger partial charge is 0.228 e. The molecule has 1 aromatic carbocycles. The van der Waals surface area contributed by atoms with Crippen LogP contribution in [0.15, 0.2) is 66.2 Å². The van der Waals surface area contributed by atoms with Crippen LogP contribution in [-0.4, -0.2) is 58.4 Å². The van der Waals surface area contributed by atoms with Crippen LogP contribution < -0.4 is 0 Å². The Balaban J connectivity index is 1.24. The van der Waals surface area contributed by atoms with E-state index in [2.05, 4.69) is 39.2 Å². The molecule has 148 valence electrons. The van der Waals surface area contributed by atoms with Crippen molar-refractivity contribution >= 4 is 23.3 Å². The van der Waals surface area contributed by atoms with Gasteiger partial charge >= 0.3 is 0 Å². The van der Waals surface area contributed by atoms with Crippen LogP contribution in [0.5, 0.6) is 0 Å². The van der Waals surface area contributed by atoms with Gasteiger partial charge in [0.1, 0.15) is 5.01 Å². The zero-order chi connectivity index (χ0) is 19.9. The van der Waals surface area contributed by atoms with E-state index in [4.69, 9.17) is 0 Å². The van der Waals surface area contributed by atoms with Crippen LogP contribution in [0.1, 0.15) is 11.3 Å². The minimum absolute atomic E-state index is 0.155. The van der Waals surface area contributed by atoms with Crippen LogP contribution in [0.2, 0.25) is 0 Å². The summed E-state index contributed by atoms with van der Waals surface area (Å²) in [5, 5.41) is 2.83. The first-order valence-electron chi connectivity index (χ1n) is 9.85. The molecule has 0 radical (unpaired) electrons. The number of pyridine rings is 1. The average Bonchev–Trinajstić information content (AvgIpc) is 3.24. The number of carbonyl (C=O) groups is 1. The topological polar surface area (TPSA) is 49.3 Å². The number of hydrogen-bond acceptors (Lipinski definition) is 5. The van der Waals surface area contributed by atoms with Gasteiger partial charge in [0.2, 0.25) is 5.91 Å². The van der Waals surface area contributed by atoms with Crippen molar-refractivity contribution in [3.05, 3.63) is 77.4 Å². The zero-order valence-electron chi connectivity index (χ0n) is 16.3. The molecule has 2 aromatic heterocycles. The lowest BCUT2D eigenvalue weighted by Gasteiger charge is -2.34. The molecule has 6 heteroatoms. The molecule has 1 amide bonds. The van der Waals surface area contributed by atoms with Crippen LogP contribution >= 0.6 is 11.3 Å². The number of nitrogens with zero attached hydrogens (tertiary/aromatic N) is 4. The molecule has 1 aliphatic rings. The van der Waals surface area contributed by atoms with Gasteiger partial charge in [0.05, 0.1) is 17.8 Å². The van der Waals surface area contributed by atoms with Gasteiger partial charge in [0.15, 0.2) is 0 Å². The molecule has 0 N–H and O–H groups in total. The Morgan fingerprint density at radius 3 is 2.59 bits per heavy atom. The Hall–Kier alpha value is -2.83. The normalized spacial score (nSPS) is 15.1. The predicted octanol–water partition coefficient (Wildman–Crippen LogP) is 3.61. The first-order chi connectivity index (χ1) is 14.3. The molecule has 1 aliphatic heterocycles. The number of hydrogen-bond donors (Lipinski definition) is 0. The van der Waals surface area contributed by atoms with Crippen LogP contribution in [-0.2, 0) is 11.2 Å². The molecule has 1 saturated heterocycles. The highest BCUT2D eigenvalue weighted by Gasteiger charge is 2.21. The van der Waals surface area contributed by atoms with Crippen molar-refractivity contribution in [1.82, 2.24) is 19.8 Å². The molecule has 0 spiro atoms. The predicted molar refractivity (Wildman–Crippen MR) is 118 cm³/mol. The summed E-state index contributed by atoms with van der Waals surface area (Å²) < 4.78 is 0. The van der Waals surface area contributed by atoms with Crippen molar-refractivity contribution in [2.24, 2.45) is 0 Å². The minimum Gasteiger partial charge on any atom is -0.340 e. The molecule has 3 heterocycles. The molecule has 0 atom stereocenters.